The highest BCUT2D eigenvalue weighted by atomic mass is 32.2. The Bertz CT molecular complexity index is 1080. The predicted octanol–water partition coefficient (Wildman–Crippen LogP) is 3.29. The summed E-state index contributed by atoms with van der Waals surface area (Å²) in [7, 11) is -3.45. The van der Waals surface area contributed by atoms with Gasteiger partial charge in [0, 0.05) is 11.8 Å². The van der Waals surface area contributed by atoms with Crippen molar-refractivity contribution < 1.29 is 13.2 Å². The van der Waals surface area contributed by atoms with Crippen LogP contribution in [0.5, 0.6) is 0 Å². The smallest absolute Gasteiger partial charge is 0.251 e. The van der Waals surface area contributed by atoms with Crippen molar-refractivity contribution in [3.63, 3.8) is 0 Å². The maximum atomic E-state index is 12.3. The molecule has 0 spiro atoms. The third-order valence-corrected chi connectivity index (χ3v) is 5.53. The Balaban J connectivity index is 1.70. The summed E-state index contributed by atoms with van der Waals surface area (Å²) in [6.45, 7) is 2.46. The van der Waals surface area contributed by atoms with Gasteiger partial charge in [-0.2, -0.15) is 0 Å². The second-order valence-electron chi connectivity index (χ2n) is 6.81. The van der Waals surface area contributed by atoms with Gasteiger partial charge < -0.3 is 5.32 Å². The van der Waals surface area contributed by atoms with E-state index in [9.17, 15) is 13.2 Å². The number of carbonyl (C=O) groups is 1. The van der Waals surface area contributed by atoms with Gasteiger partial charge in [0.2, 0.25) is 10.0 Å². The van der Waals surface area contributed by atoms with E-state index in [0.29, 0.717) is 17.8 Å². The number of aromatic nitrogens is 1. The molecule has 3 rings (SSSR count). The van der Waals surface area contributed by atoms with Crippen molar-refractivity contribution in [1.29, 1.82) is 0 Å². The monoisotopic (exact) mass is 409 g/mol. The van der Waals surface area contributed by atoms with Crippen molar-refractivity contribution in [3.05, 3.63) is 95.3 Å². The molecule has 0 fully saturated rings. The van der Waals surface area contributed by atoms with Crippen molar-refractivity contribution >= 4 is 21.6 Å². The summed E-state index contributed by atoms with van der Waals surface area (Å²) in [5.41, 5.74) is 3.67. The Morgan fingerprint density at radius 2 is 1.79 bits per heavy atom. The maximum absolute atomic E-state index is 12.3. The number of carbonyl (C=O) groups excluding carboxylic acids is 1. The highest BCUT2D eigenvalue weighted by Crippen LogP contribution is 2.22. The molecule has 29 heavy (non-hydrogen) atoms. The molecule has 2 aromatic carbocycles. The minimum Gasteiger partial charge on any atom is -0.346 e. The lowest BCUT2D eigenvalue weighted by Crippen LogP contribution is -2.29. The highest BCUT2D eigenvalue weighted by Gasteiger charge is 2.18. The van der Waals surface area contributed by atoms with Crippen LogP contribution in [0.25, 0.3) is 0 Å². The molecular weight excluding hydrogens is 386 g/mol. The van der Waals surface area contributed by atoms with Gasteiger partial charge in [0.05, 0.1) is 30.7 Å². The van der Waals surface area contributed by atoms with E-state index in [1.807, 2.05) is 43.3 Å². The number of pyridine rings is 1. The van der Waals surface area contributed by atoms with Crippen LogP contribution in [0.3, 0.4) is 0 Å². The molecule has 0 atom stereocenters. The molecule has 1 amide bonds. The molecule has 150 valence electrons. The van der Waals surface area contributed by atoms with Crippen molar-refractivity contribution in [1.82, 2.24) is 10.3 Å². The van der Waals surface area contributed by atoms with E-state index in [4.69, 9.17) is 0 Å². The lowest BCUT2D eigenvalue weighted by Gasteiger charge is -2.23. The van der Waals surface area contributed by atoms with E-state index in [1.54, 1.807) is 36.5 Å². The van der Waals surface area contributed by atoms with Crippen LogP contribution in [0.1, 0.15) is 27.2 Å². The first-order valence-corrected chi connectivity index (χ1v) is 11.0. The topological polar surface area (TPSA) is 79.4 Å². The average molecular weight is 410 g/mol. The summed E-state index contributed by atoms with van der Waals surface area (Å²) in [6, 6.07) is 19.8. The number of anilines is 1. The minimum absolute atomic E-state index is 0.193. The van der Waals surface area contributed by atoms with Crippen molar-refractivity contribution in [2.45, 2.75) is 20.0 Å². The second-order valence-corrected chi connectivity index (χ2v) is 8.72. The van der Waals surface area contributed by atoms with Gasteiger partial charge in [0.1, 0.15) is 0 Å². The fourth-order valence-electron chi connectivity index (χ4n) is 2.89. The Hall–Kier alpha value is -3.19. The van der Waals surface area contributed by atoms with Gasteiger partial charge >= 0.3 is 0 Å². The third-order valence-electron chi connectivity index (χ3n) is 4.39. The fourth-order valence-corrected chi connectivity index (χ4v) is 3.77. The van der Waals surface area contributed by atoms with E-state index in [1.165, 1.54) is 10.6 Å². The quantitative estimate of drug-likeness (QED) is 0.649. The number of nitrogens with zero attached hydrogens (tertiary/aromatic N) is 2. The summed E-state index contributed by atoms with van der Waals surface area (Å²) in [4.78, 5) is 16.5. The predicted molar refractivity (Wildman–Crippen MR) is 114 cm³/mol. The van der Waals surface area contributed by atoms with Gasteiger partial charge in [-0.25, -0.2) is 8.42 Å². The minimum atomic E-state index is -3.45. The molecule has 1 N–H and O–H groups in total. The number of sulfonamides is 1. The molecule has 0 aliphatic carbocycles. The van der Waals surface area contributed by atoms with Gasteiger partial charge in [0.15, 0.2) is 0 Å². The van der Waals surface area contributed by atoms with Crippen LogP contribution >= 0.6 is 0 Å². The standard InChI is InChI=1S/C22H23N3O3S/c1-17-6-5-8-21(14-17)25(29(2,27)28)16-18-9-11-19(12-10-18)22(26)24-15-20-7-3-4-13-23-20/h3-14H,15-16H2,1-2H3,(H,24,26). The van der Waals surface area contributed by atoms with Gasteiger partial charge in [-0.3, -0.25) is 14.1 Å². The molecular formula is C22H23N3O3S. The van der Waals surface area contributed by atoms with E-state index >= 15 is 0 Å². The van der Waals surface area contributed by atoms with Gasteiger partial charge in [-0.05, 0) is 54.4 Å². The Morgan fingerprint density at radius 3 is 2.41 bits per heavy atom. The normalized spacial score (nSPS) is 11.1. The maximum Gasteiger partial charge on any atom is 0.251 e. The molecule has 0 saturated heterocycles. The van der Waals surface area contributed by atoms with Crippen LogP contribution in [-0.4, -0.2) is 25.6 Å². The first kappa shape index (κ1) is 20.5. The van der Waals surface area contributed by atoms with Crippen molar-refractivity contribution in [2.24, 2.45) is 0 Å². The number of aryl methyl sites for hydroxylation is 1. The largest absolute Gasteiger partial charge is 0.346 e. The zero-order chi connectivity index (χ0) is 20.9. The summed E-state index contributed by atoms with van der Waals surface area (Å²) in [6.07, 6.45) is 2.87. The summed E-state index contributed by atoms with van der Waals surface area (Å²) >= 11 is 0. The molecule has 0 aliphatic rings. The molecule has 1 heterocycles. The number of nitrogens with one attached hydrogen (secondary N) is 1. The molecule has 3 aromatic rings. The second kappa shape index (κ2) is 8.87. The third kappa shape index (κ3) is 5.65. The van der Waals surface area contributed by atoms with Crippen LogP contribution in [0, 0.1) is 6.92 Å². The van der Waals surface area contributed by atoms with Crippen LogP contribution in [0.2, 0.25) is 0 Å². The fraction of sp³-hybridized carbons (Fsp3) is 0.182. The number of benzene rings is 2. The molecule has 0 aliphatic heterocycles. The van der Waals surface area contributed by atoms with Gasteiger partial charge in [0.25, 0.3) is 5.91 Å². The molecule has 0 bridgehead atoms. The van der Waals surface area contributed by atoms with Crippen molar-refractivity contribution in [2.75, 3.05) is 10.6 Å². The number of hydrogen-bond acceptors (Lipinski definition) is 4. The van der Waals surface area contributed by atoms with E-state index in [0.717, 1.165) is 16.8 Å². The lowest BCUT2D eigenvalue weighted by atomic mass is 10.1. The molecule has 1 aromatic heterocycles. The zero-order valence-electron chi connectivity index (χ0n) is 16.4. The van der Waals surface area contributed by atoms with Crippen LogP contribution < -0.4 is 9.62 Å². The van der Waals surface area contributed by atoms with Crippen LogP contribution in [-0.2, 0) is 23.1 Å². The molecule has 0 saturated carbocycles. The van der Waals surface area contributed by atoms with Crippen LogP contribution in [0.4, 0.5) is 5.69 Å². The van der Waals surface area contributed by atoms with Crippen LogP contribution in [0.15, 0.2) is 72.9 Å². The van der Waals surface area contributed by atoms with Gasteiger partial charge in [-0.1, -0.05) is 30.3 Å². The Kier molecular flexibility index (Phi) is 6.29. The van der Waals surface area contributed by atoms with Crippen molar-refractivity contribution in [3.8, 4) is 0 Å². The molecule has 7 heteroatoms. The van der Waals surface area contributed by atoms with E-state index in [-0.39, 0.29) is 12.5 Å². The SMILES string of the molecule is Cc1cccc(N(Cc2ccc(C(=O)NCc3ccccn3)cc2)S(C)(=O)=O)c1. The number of amides is 1. The molecule has 0 unspecified atom stereocenters. The Labute approximate surface area is 171 Å². The first-order valence-electron chi connectivity index (χ1n) is 9.14. The van der Waals surface area contributed by atoms with Gasteiger partial charge in [-0.15, -0.1) is 0 Å². The zero-order valence-corrected chi connectivity index (χ0v) is 17.2. The number of rotatable bonds is 7. The summed E-state index contributed by atoms with van der Waals surface area (Å²) in [5.74, 6) is -0.208. The molecule has 6 nitrogen and oxygen atoms in total. The lowest BCUT2D eigenvalue weighted by molar-refractivity contribution is 0.0950. The van der Waals surface area contributed by atoms with E-state index in [2.05, 4.69) is 10.3 Å². The average Bonchev–Trinajstić information content (AvgIpc) is 2.70. The summed E-state index contributed by atoms with van der Waals surface area (Å²) < 4.78 is 26.0. The molecule has 0 radical (unpaired) electrons. The van der Waals surface area contributed by atoms with E-state index < -0.39 is 10.0 Å². The highest BCUT2D eigenvalue weighted by molar-refractivity contribution is 7.92. The summed E-state index contributed by atoms with van der Waals surface area (Å²) in [5, 5.41) is 2.82. The first-order chi connectivity index (χ1) is 13.8. The number of hydrogen-bond donors (Lipinski definition) is 1. The Morgan fingerprint density at radius 1 is 1.03 bits per heavy atom.